The topological polar surface area (TPSA) is 72.8 Å². The second-order valence-corrected chi connectivity index (χ2v) is 8.35. The minimum atomic E-state index is -4.39. The van der Waals surface area contributed by atoms with Gasteiger partial charge in [-0.3, -0.25) is 9.69 Å². The lowest BCUT2D eigenvalue weighted by Gasteiger charge is -2.18. The summed E-state index contributed by atoms with van der Waals surface area (Å²) < 4.78 is 22.9. The van der Waals surface area contributed by atoms with E-state index in [9.17, 15) is 14.3 Å². The molecule has 3 aromatic carbocycles. The number of hydrogen-bond acceptors (Lipinski definition) is 4. The third-order valence-electron chi connectivity index (χ3n) is 4.53. The first-order valence-corrected chi connectivity index (χ1v) is 10.7. The van der Waals surface area contributed by atoms with Crippen molar-refractivity contribution in [2.45, 2.75) is 27.7 Å². The fourth-order valence-electron chi connectivity index (χ4n) is 3.11. The van der Waals surface area contributed by atoms with Gasteiger partial charge in [0.15, 0.2) is 5.78 Å². The molecule has 0 aliphatic rings. The summed E-state index contributed by atoms with van der Waals surface area (Å²) in [6.45, 7) is 7.29. The van der Waals surface area contributed by atoms with Gasteiger partial charge < -0.3 is 9.05 Å². The van der Waals surface area contributed by atoms with Crippen molar-refractivity contribution in [2.75, 3.05) is 0 Å². The molecular weight excluding hydrogens is 387 g/mol. The van der Waals surface area contributed by atoms with Gasteiger partial charge in [-0.2, -0.15) is 0 Å². The zero-order chi connectivity index (χ0) is 21.2. The van der Waals surface area contributed by atoms with Gasteiger partial charge in [0, 0.05) is 11.1 Å². The molecule has 1 N–H and O–H groups in total. The molecule has 0 saturated heterocycles. The number of phosphoric acid groups is 1. The van der Waals surface area contributed by atoms with Crippen LogP contribution in [-0.4, -0.2) is 10.7 Å². The van der Waals surface area contributed by atoms with Gasteiger partial charge >= 0.3 is 7.82 Å². The number of aryl methyl sites for hydroxylation is 4. The lowest BCUT2D eigenvalue weighted by molar-refractivity contribution is 0.103. The zero-order valence-electron chi connectivity index (χ0n) is 16.8. The molecule has 0 spiro atoms. The lowest BCUT2D eigenvalue weighted by atomic mass is 9.95. The molecule has 0 bridgehead atoms. The highest BCUT2D eigenvalue weighted by Gasteiger charge is 2.27. The summed E-state index contributed by atoms with van der Waals surface area (Å²) >= 11 is 0. The molecule has 0 heterocycles. The van der Waals surface area contributed by atoms with Crippen LogP contribution in [0.4, 0.5) is 0 Å². The summed E-state index contributed by atoms with van der Waals surface area (Å²) in [5.41, 5.74) is 4.18. The molecule has 150 valence electrons. The van der Waals surface area contributed by atoms with Crippen molar-refractivity contribution in [3.8, 4) is 11.5 Å². The van der Waals surface area contributed by atoms with Crippen LogP contribution in [0.1, 0.15) is 38.2 Å². The highest BCUT2D eigenvalue weighted by molar-refractivity contribution is 7.48. The molecule has 0 saturated carbocycles. The Morgan fingerprint density at radius 1 is 0.828 bits per heavy atom. The number of carbonyl (C=O) groups is 1. The van der Waals surface area contributed by atoms with E-state index >= 15 is 0 Å². The Morgan fingerprint density at radius 3 is 2.07 bits per heavy atom. The van der Waals surface area contributed by atoms with Crippen molar-refractivity contribution in [3.05, 3.63) is 94.0 Å². The summed E-state index contributed by atoms with van der Waals surface area (Å²) in [5, 5.41) is 0. The monoisotopic (exact) mass is 410 g/mol. The third-order valence-corrected chi connectivity index (χ3v) is 5.39. The second kappa shape index (κ2) is 8.24. The number of carbonyl (C=O) groups excluding carboxylic acids is 1. The molecule has 0 amide bonds. The third kappa shape index (κ3) is 4.94. The van der Waals surface area contributed by atoms with Crippen LogP contribution in [0.25, 0.3) is 0 Å². The summed E-state index contributed by atoms with van der Waals surface area (Å²) in [4.78, 5) is 23.1. The normalized spacial score (nSPS) is 12.9. The minimum absolute atomic E-state index is 0.100. The Hall–Kier alpha value is -2.88. The van der Waals surface area contributed by atoms with Crippen LogP contribution in [-0.2, 0) is 4.57 Å². The van der Waals surface area contributed by atoms with Crippen molar-refractivity contribution in [2.24, 2.45) is 0 Å². The summed E-state index contributed by atoms with van der Waals surface area (Å²) in [7, 11) is -4.39. The van der Waals surface area contributed by atoms with Crippen molar-refractivity contribution in [1.82, 2.24) is 0 Å². The van der Waals surface area contributed by atoms with E-state index in [2.05, 4.69) is 0 Å². The van der Waals surface area contributed by atoms with E-state index in [1.54, 1.807) is 56.3 Å². The van der Waals surface area contributed by atoms with E-state index in [0.29, 0.717) is 22.3 Å². The Kier molecular flexibility index (Phi) is 5.92. The maximum absolute atomic E-state index is 13.0. The first-order chi connectivity index (χ1) is 13.7. The van der Waals surface area contributed by atoms with E-state index in [1.165, 1.54) is 0 Å². The molecule has 0 aliphatic heterocycles. The molecule has 5 nitrogen and oxygen atoms in total. The number of benzene rings is 3. The molecule has 29 heavy (non-hydrogen) atoms. The minimum Gasteiger partial charge on any atom is -0.395 e. The fourth-order valence-corrected chi connectivity index (χ4v) is 4.05. The van der Waals surface area contributed by atoms with Crippen LogP contribution >= 0.6 is 7.82 Å². The Labute approximate surface area is 170 Å². The number of para-hydroxylation sites is 1. The number of rotatable bonds is 6. The van der Waals surface area contributed by atoms with Crippen LogP contribution < -0.4 is 9.05 Å². The van der Waals surface area contributed by atoms with Gasteiger partial charge in [-0.1, -0.05) is 35.9 Å². The predicted molar refractivity (Wildman–Crippen MR) is 113 cm³/mol. The van der Waals surface area contributed by atoms with Crippen LogP contribution in [0.15, 0.2) is 60.7 Å². The SMILES string of the molecule is Cc1ccc(C)c(C(=O)c2cc(C)c(OP(=O)(O)Oc3ccccc3)c(C)c2)c1. The van der Waals surface area contributed by atoms with Crippen LogP contribution in [0.3, 0.4) is 0 Å². The van der Waals surface area contributed by atoms with Crippen molar-refractivity contribution < 1.29 is 23.3 Å². The zero-order valence-corrected chi connectivity index (χ0v) is 17.7. The molecule has 0 fully saturated rings. The average Bonchev–Trinajstić information content (AvgIpc) is 2.66. The van der Waals surface area contributed by atoms with Gasteiger partial charge in [-0.05, 0) is 74.7 Å². The van der Waals surface area contributed by atoms with Gasteiger partial charge in [0.1, 0.15) is 11.5 Å². The van der Waals surface area contributed by atoms with E-state index in [-0.39, 0.29) is 17.3 Å². The average molecular weight is 410 g/mol. The summed E-state index contributed by atoms with van der Waals surface area (Å²) in [6.07, 6.45) is 0. The van der Waals surface area contributed by atoms with Gasteiger partial charge in [0.05, 0.1) is 0 Å². The van der Waals surface area contributed by atoms with Crippen molar-refractivity contribution in [3.63, 3.8) is 0 Å². The van der Waals surface area contributed by atoms with E-state index < -0.39 is 7.82 Å². The molecule has 3 rings (SSSR count). The maximum atomic E-state index is 13.0. The highest BCUT2D eigenvalue weighted by atomic mass is 31.2. The maximum Gasteiger partial charge on any atom is 0.584 e. The molecule has 0 aromatic heterocycles. The molecule has 1 unspecified atom stereocenters. The van der Waals surface area contributed by atoms with Crippen LogP contribution in [0.2, 0.25) is 0 Å². The largest absolute Gasteiger partial charge is 0.584 e. The van der Waals surface area contributed by atoms with E-state index in [4.69, 9.17) is 9.05 Å². The number of hydrogen-bond donors (Lipinski definition) is 1. The Balaban J connectivity index is 1.88. The fraction of sp³-hybridized carbons (Fsp3) is 0.174. The molecule has 3 aromatic rings. The van der Waals surface area contributed by atoms with Gasteiger partial charge in [0.2, 0.25) is 0 Å². The second-order valence-electron chi connectivity index (χ2n) is 7.05. The smallest absolute Gasteiger partial charge is 0.395 e. The highest BCUT2D eigenvalue weighted by Crippen LogP contribution is 2.46. The molecular formula is C23H23O5P. The number of ketones is 1. The molecule has 6 heteroatoms. The molecule has 1 atom stereocenters. The Morgan fingerprint density at radius 2 is 1.45 bits per heavy atom. The van der Waals surface area contributed by atoms with Gasteiger partial charge in [0.25, 0.3) is 0 Å². The van der Waals surface area contributed by atoms with Gasteiger partial charge in [-0.25, -0.2) is 4.57 Å². The van der Waals surface area contributed by atoms with Crippen LogP contribution in [0, 0.1) is 27.7 Å². The van der Waals surface area contributed by atoms with E-state index in [0.717, 1.165) is 11.1 Å². The van der Waals surface area contributed by atoms with Crippen molar-refractivity contribution >= 4 is 13.6 Å². The number of phosphoric ester groups is 1. The summed E-state index contributed by atoms with van der Waals surface area (Å²) in [5.74, 6) is 0.358. The molecule has 0 aliphatic carbocycles. The first kappa shape index (κ1) is 20.8. The molecule has 0 radical (unpaired) electrons. The summed E-state index contributed by atoms with van der Waals surface area (Å²) in [6, 6.07) is 17.4. The quantitative estimate of drug-likeness (QED) is 0.416. The lowest BCUT2D eigenvalue weighted by Crippen LogP contribution is -2.07. The van der Waals surface area contributed by atoms with Gasteiger partial charge in [-0.15, -0.1) is 0 Å². The van der Waals surface area contributed by atoms with Crippen molar-refractivity contribution in [1.29, 1.82) is 0 Å². The predicted octanol–water partition coefficient (Wildman–Crippen LogP) is 5.71. The van der Waals surface area contributed by atoms with Crippen LogP contribution in [0.5, 0.6) is 11.5 Å². The first-order valence-electron chi connectivity index (χ1n) is 9.16. The Bertz CT molecular complexity index is 1080. The van der Waals surface area contributed by atoms with E-state index in [1.807, 2.05) is 32.0 Å². The standard InChI is InChI=1S/C23H23O5P/c1-15-10-11-16(2)21(12-15)22(24)19-13-17(3)23(18(4)14-19)28-29(25,26)27-20-8-6-5-7-9-20/h5-14H,1-4H3,(H,25,26).